The largest absolute Gasteiger partial charge is 0.493 e. The minimum Gasteiger partial charge on any atom is -0.493 e. The van der Waals surface area contributed by atoms with Gasteiger partial charge in [-0.15, -0.1) is 0 Å². The molecule has 0 saturated heterocycles. The van der Waals surface area contributed by atoms with Crippen LogP contribution in [0.4, 0.5) is 5.69 Å². The van der Waals surface area contributed by atoms with E-state index in [1.54, 1.807) is 19.9 Å². The zero-order chi connectivity index (χ0) is 15.1. The zero-order valence-electron chi connectivity index (χ0n) is 11.4. The summed E-state index contributed by atoms with van der Waals surface area (Å²) in [5.74, 6) is -0.675. The molecular formula is C13H17NO6. The second-order valence-electron chi connectivity index (χ2n) is 4.08. The number of aliphatic carboxylic acids is 1. The molecule has 7 heteroatoms. The molecule has 1 aromatic carbocycles. The second-order valence-corrected chi connectivity index (χ2v) is 4.08. The monoisotopic (exact) mass is 283 g/mol. The van der Waals surface area contributed by atoms with Crippen molar-refractivity contribution in [2.24, 2.45) is 0 Å². The first-order valence-electron chi connectivity index (χ1n) is 6.18. The minimum atomic E-state index is -1.05. The van der Waals surface area contributed by atoms with E-state index in [2.05, 4.69) is 0 Å². The van der Waals surface area contributed by atoms with E-state index in [-0.39, 0.29) is 18.7 Å². The predicted octanol–water partition coefficient (Wildman–Crippen LogP) is 2.16. The molecule has 0 bridgehead atoms. The van der Waals surface area contributed by atoms with E-state index in [0.717, 1.165) is 0 Å². The lowest BCUT2D eigenvalue weighted by Crippen LogP contribution is -2.26. The van der Waals surface area contributed by atoms with Gasteiger partial charge in [0, 0.05) is 19.1 Å². The summed E-state index contributed by atoms with van der Waals surface area (Å²) in [4.78, 5) is 21.2. The van der Waals surface area contributed by atoms with E-state index in [4.69, 9.17) is 14.6 Å². The molecule has 0 aliphatic rings. The number of nitro groups is 1. The summed E-state index contributed by atoms with van der Waals surface area (Å²) < 4.78 is 10.5. The lowest BCUT2D eigenvalue weighted by atomic mass is 10.2. The first-order chi connectivity index (χ1) is 9.47. The molecule has 0 fully saturated rings. The van der Waals surface area contributed by atoms with Gasteiger partial charge in [-0.1, -0.05) is 6.07 Å². The Morgan fingerprint density at radius 1 is 1.50 bits per heavy atom. The summed E-state index contributed by atoms with van der Waals surface area (Å²) in [5, 5.41) is 19.7. The number of hydrogen-bond donors (Lipinski definition) is 1. The maximum Gasteiger partial charge on any atom is 0.332 e. The average molecular weight is 283 g/mol. The van der Waals surface area contributed by atoms with Crippen molar-refractivity contribution in [3.05, 3.63) is 33.9 Å². The maximum atomic E-state index is 10.9. The highest BCUT2D eigenvalue weighted by atomic mass is 16.6. The Bertz CT molecular complexity index is 488. The normalized spacial score (nSPS) is 11.9. The van der Waals surface area contributed by atoms with Crippen LogP contribution in [0.1, 0.15) is 18.9 Å². The first kappa shape index (κ1) is 15.9. The van der Waals surface area contributed by atoms with Crippen LogP contribution in [0.2, 0.25) is 0 Å². The highest BCUT2D eigenvalue weighted by Gasteiger charge is 2.18. The third kappa shape index (κ3) is 4.20. The van der Waals surface area contributed by atoms with Crippen molar-refractivity contribution in [1.82, 2.24) is 0 Å². The SMILES string of the molecule is CCOC(CCOc1cccc([N+](=O)[O-])c1C)C(=O)O. The van der Waals surface area contributed by atoms with Gasteiger partial charge in [0.05, 0.1) is 17.1 Å². The fourth-order valence-electron chi connectivity index (χ4n) is 1.71. The standard InChI is InChI=1S/C13H17NO6/c1-3-19-12(13(15)16)7-8-20-11-6-4-5-10(9(11)2)14(17)18/h4-6,12H,3,7-8H2,1-2H3,(H,15,16). The highest BCUT2D eigenvalue weighted by molar-refractivity contribution is 5.72. The number of hydrogen-bond acceptors (Lipinski definition) is 5. The quantitative estimate of drug-likeness (QED) is 0.579. The van der Waals surface area contributed by atoms with Gasteiger partial charge in [-0.2, -0.15) is 0 Å². The van der Waals surface area contributed by atoms with Crippen LogP contribution in [0.25, 0.3) is 0 Å². The topological polar surface area (TPSA) is 98.9 Å². The molecule has 1 N–H and O–H groups in total. The Kier molecular flexibility index (Phi) is 5.92. The predicted molar refractivity (Wildman–Crippen MR) is 71.0 cm³/mol. The first-order valence-corrected chi connectivity index (χ1v) is 6.18. The average Bonchev–Trinajstić information content (AvgIpc) is 2.39. The lowest BCUT2D eigenvalue weighted by Gasteiger charge is -2.13. The fourth-order valence-corrected chi connectivity index (χ4v) is 1.71. The molecule has 0 spiro atoms. The Morgan fingerprint density at radius 2 is 2.20 bits per heavy atom. The van der Waals surface area contributed by atoms with Crippen molar-refractivity contribution >= 4 is 11.7 Å². The van der Waals surface area contributed by atoms with E-state index in [1.807, 2.05) is 0 Å². The molecule has 1 rings (SSSR count). The summed E-state index contributed by atoms with van der Waals surface area (Å²) >= 11 is 0. The van der Waals surface area contributed by atoms with E-state index < -0.39 is 17.0 Å². The van der Waals surface area contributed by atoms with Crippen molar-refractivity contribution in [2.45, 2.75) is 26.4 Å². The van der Waals surface area contributed by atoms with Crippen molar-refractivity contribution in [1.29, 1.82) is 0 Å². The van der Waals surface area contributed by atoms with E-state index >= 15 is 0 Å². The van der Waals surface area contributed by atoms with Gasteiger partial charge in [-0.3, -0.25) is 10.1 Å². The van der Waals surface area contributed by atoms with Crippen molar-refractivity contribution < 1.29 is 24.3 Å². The minimum absolute atomic E-state index is 0.0258. The number of carbonyl (C=O) groups is 1. The van der Waals surface area contributed by atoms with Crippen LogP contribution >= 0.6 is 0 Å². The van der Waals surface area contributed by atoms with Crippen LogP contribution in [0.5, 0.6) is 5.75 Å². The second kappa shape index (κ2) is 7.44. The maximum absolute atomic E-state index is 10.9. The van der Waals surface area contributed by atoms with Gasteiger partial charge in [0.2, 0.25) is 0 Å². The van der Waals surface area contributed by atoms with Crippen molar-refractivity contribution in [3.8, 4) is 5.75 Å². The molecule has 20 heavy (non-hydrogen) atoms. The number of carboxylic acids is 1. The summed E-state index contributed by atoms with van der Waals surface area (Å²) in [7, 11) is 0. The number of ether oxygens (including phenoxy) is 2. The van der Waals surface area contributed by atoms with Crippen LogP contribution < -0.4 is 4.74 Å². The molecule has 0 aliphatic carbocycles. The van der Waals surface area contributed by atoms with Gasteiger partial charge < -0.3 is 14.6 Å². The lowest BCUT2D eigenvalue weighted by molar-refractivity contribution is -0.385. The number of rotatable bonds is 8. The van der Waals surface area contributed by atoms with Crippen molar-refractivity contribution in [2.75, 3.05) is 13.2 Å². The van der Waals surface area contributed by atoms with Crippen LogP contribution in [-0.4, -0.2) is 35.3 Å². The van der Waals surface area contributed by atoms with Crippen LogP contribution in [0.3, 0.4) is 0 Å². The number of carboxylic acid groups (broad SMARTS) is 1. The summed E-state index contributed by atoms with van der Waals surface area (Å²) in [6.45, 7) is 3.71. The molecule has 0 radical (unpaired) electrons. The molecule has 0 aromatic heterocycles. The smallest absolute Gasteiger partial charge is 0.332 e. The van der Waals surface area contributed by atoms with Gasteiger partial charge in [-0.25, -0.2) is 4.79 Å². The summed E-state index contributed by atoms with van der Waals surface area (Å²) in [6, 6.07) is 4.53. The molecule has 0 saturated carbocycles. The van der Waals surface area contributed by atoms with Crippen molar-refractivity contribution in [3.63, 3.8) is 0 Å². The van der Waals surface area contributed by atoms with Crippen LogP contribution in [0.15, 0.2) is 18.2 Å². The Labute approximate surface area is 116 Å². The molecular weight excluding hydrogens is 266 g/mol. The van der Waals surface area contributed by atoms with Gasteiger partial charge in [-0.05, 0) is 19.9 Å². The third-order valence-electron chi connectivity index (χ3n) is 2.73. The van der Waals surface area contributed by atoms with Gasteiger partial charge in [0.25, 0.3) is 5.69 Å². The Morgan fingerprint density at radius 3 is 2.75 bits per heavy atom. The third-order valence-corrected chi connectivity index (χ3v) is 2.73. The number of nitrogens with zero attached hydrogens (tertiary/aromatic N) is 1. The molecule has 0 amide bonds. The highest BCUT2D eigenvalue weighted by Crippen LogP contribution is 2.27. The molecule has 1 atom stereocenters. The number of nitro benzene ring substituents is 1. The van der Waals surface area contributed by atoms with Gasteiger partial charge in [0.1, 0.15) is 5.75 Å². The van der Waals surface area contributed by atoms with Gasteiger partial charge >= 0.3 is 5.97 Å². The fraction of sp³-hybridized carbons (Fsp3) is 0.462. The van der Waals surface area contributed by atoms with Crippen LogP contribution in [-0.2, 0) is 9.53 Å². The molecule has 110 valence electrons. The summed E-state index contributed by atoms with van der Waals surface area (Å²) in [6.07, 6.45) is -0.760. The molecule has 1 aromatic rings. The van der Waals surface area contributed by atoms with E-state index in [1.165, 1.54) is 12.1 Å². The zero-order valence-corrected chi connectivity index (χ0v) is 11.4. The van der Waals surface area contributed by atoms with Crippen LogP contribution in [0, 0.1) is 17.0 Å². The molecule has 0 heterocycles. The molecule has 7 nitrogen and oxygen atoms in total. The molecule has 0 aliphatic heterocycles. The van der Waals surface area contributed by atoms with Gasteiger partial charge in [0.15, 0.2) is 6.10 Å². The van der Waals surface area contributed by atoms with E-state index in [9.17, 15) is 14.9 Å². The summed E-state index contributed by atoms with van der Waals surface area (Å²) in [5.41, 5.74) is 0.392. The Hall–Kier alpha value is -2.15. The Balaban J connectivity index is 2.64. The van der Waals surface area contributed by atoms with E-state index in [0.29, 0.717) is 17.9 Å². The number of benzene rings is 1. The molecule has 1 unspecified atom stereocenters.